The van der Waals surface area contributed by atoms with Gasteiger partial charge >= 0.3 is 0 Å². The van der Waals surface area contributed by atoms with Crippen LogP contribution in [0.2, 0.25) is 0 Å². The van der Waals surface area contributed by atoms with Crippen molar-refractivity contribution in [2.75, 3.05) is 0 Å². The maximum atomic E-state index is 6.32. The molecule has 3 aliphatic rings. The van der Waals surface area contributed by atoms with Crippen molar-refractivity contribution < 1.29 is 4.74 Å². The molecule has 14 heavy (non-hydrogen) atoms. The Morgan fingerprint density at radius 3 is 2.43 bits per heavy atom. The molecule has 2 spiro atoms. The lowest BCUT2D eigenvalue weighted by Gasteiger charge is -2.43. The Bertz CT molecular complexity index is 251. The van der Waals surface area contributed by atoms with Crippen LogP contribution >= 0.6 is 0 Å². The molecule has 0 amide bonds. The Morgan fingerprint density at radius 1 is 1.21 bits per heavy atom. The SMILES string of the molecule is C=CCC1(C)CC2(CC2)CC2(CC2)O1. The maximum Gasteiger partial charge on any atom is 0.0701 e. The summed E-state index contributed by atoms with van der Waals surface area (Å²) >= 11 is 0. The first-order chi connectivity index (χ1) is 6.60. The van der Waals surface area contributed by atoms with Crippen LogP contribution in [-0.4, -0.2) is 11.2 Å². The predicted octanol–water partition coefficient (Wildman–Crippen LogP) is 3.44. The second-order valence-electron chi connectivity index (χ2n) is 6.08. The molecule has 0 radical (unpaired) electrons. The predicted molar refractivity (Wildman–Crippen MR) is 57.2 cm³/mol. The molecular formula is C13H20O. The topological polar surface area (TPSA) is 9.23 Å². The monoisotopic (exact) mass is 192 g/mol. The summed E-state index contributed by atoms with van der Waals surface area (Å²) in [6.45, 7) is 6.14. The summed E-state index contributed by atoms with van der Waals surface area (Å²) in [4.78, 5) is 0. The van der Waals surface area contributed by atoms with Gasteiger partial charge in [0.05, 0.1) is 11.2 Å². The number of rotatable bonds is 2. The Labute approximate surface area is 86.5 Å². The van der Waals surface area contributed by atoms with Crippen molar-refractivity contribution in [3.05, 3.63) is 12.7 Å². The van der Waals surface area contributed by atoms with E-state index >= 15 is 0 Å². The van der Waals surface area contributed by atoms with E-state index in [9.17, 15) is 0 Å². The van der Waals surface area contributed by atoms with Crippen molar-refractivity contribution in [1.82, 2.24) is 0 Å². The van der Waals surface area contributed by atoms with Gasteiger partial charge in [-0.1, -0.05) is 6.08 Å². The van der Waals surface area contributed by atoms with Crippen LogP contribution in [0, 0.1) is 5.41 Å². The standard InChI is InChI=1S/C13H20O/c1-3-4-11(2)9-12(5-6-12)10-13(14-11)7-8-13/h3H,1,4-10H2,2H3. The number of ether oxygens (including phenoxy) is 1. The zero-order chi connectivity index (χ0) is 9.86. The minimum Gasteiger partial charge on any atom is -0.368 e. The van der Waals surface area contributed by atoms with E-state index in [1.807, 2.05) is 6.08 Å². The van der Waals surface area contributed by atoms with Gasteiger partial charge in [0.2, 0.25) is 0 Å². The van der Waals surface area contributed by atoms with Crippen molar-refractivity contribution >= 4 is 0 Å². The van der Waals surface area contributed by atoms with Gasteiger partial charge in [-0.2, -0.15) is 0 Å². The molecule has 1 heterocycles. The van der Waals surface area contributed by atoms with Crippen molar-refractivity contribution in [2.24, 2.45) is 5.41 Å². The van der Waals surface area contributed by atoms with E-state index in [1.54, 1.807) is 0 Å². The van der Waals surface area contributed by atoms with Gasteiger partial charge in [0.1, 0.15) is 0 Å². The fraction of sp³-hybridized carbons (Fsp3) is 0.846. The van der Waals surface area contributed by atoms with Gasteiger partial charge in [0.25, 0.3) is 0 Å². The second kappa shape index (κ2) is 2.44. The van der Waals surface area contributed by atoms with Crippen molar-refractivity contribution in [2.45, 2.75) is 63.1 Å². The average molecular weight is 192 g/mol. The summed E-state index contributed by atoms with van der Waals surface area (Å²) in [5.74, 6) is 0. The lowest BCUT2D eigenvalue weighted by atomic mass is 9.79. The maximum absolute atomic E-state index is 6.32. The smallest absolute Gasteiger partial charge is 0.0701 e. The minimum absolute atomic E-state index is 0.104. The molecule has 2 aliphatic carbocycles. The summed E-state index contributed by atoms with van der Waals surface area (Å²) in [5, 5.41) is 0. The third-order valence-electron chi connectivity index (χ3n) is 4.25. The summed E-state index contributed by atoms with van der Waals surface area (Å²) in [6.07, 6.45) is 11.2. The Hall–Kier alpha value is -0.300. The molecule has 1 saturated heterocycles. The van der Waals surface area contributed by atoms with E-state index in [0.29, 0.717) is 11.0 Å². The summed E-state index contributed by atoms with van der Waals surface area (Å²) in [5.41, 5.74) is 1.10. The number of hydrogen-bond acceptors (Lipinski definition) is 1. The molecule has 1 nitrogen and oxygen atoms in total. The van der Waals surface area contributed by atoms with Crippen LogP contribution in [-0.2, 0) is 4.74 Å². The van der Waals surface area contributed by atoms with Crippen LogP contribution in [0.1, 0.15) is 51.9 Å². The molecule has 1 atom stereocenters. The van der Waals surface area contributed by atoms with Crippen LogP contribution < -0.4 is 0 Å². The molecule has 3 fully saturated rings. The highest BCUT2D eigenvalue weighted by Gasteiger charge is 2.62. The summed E-state index contributed by atoms with van der Waals surface area (Å²) in [6, 6.07) is 0. The molecule has 3 rings (SSSR count). The highest BCUT2D eigenvalue weighted by atomic mass is 16.5. The van der Waals surface area contributed by atoms with Crippen LogP contribution in [0.25, 0.3) is 0 Å². The first-order valence-electron chi connectivity index (χ1n) is 5.91. The van der Waals surface area contributed by atoms with E-state index in [2.05, 4.69) is 13.5 Å². The summed E-state index contributed by atoms with van der Waals surface area (Å²) < 4.78 is 6.32. The minimum atomic E-state index is 0.104. The molecule has 2 saturated carbocycles. The van der Waals surface area contributed by atoms with Crippen molar-refractivity contribution in [3.63, 3.8) is 0 Å². The van der Waals surface area contributed by atoms with E-state index < -0.39 is 0 Å². The first kappa shape index (κ1) is 8.96. The molecule has 78 valence electrons. The Balaban J connectivity index is 1.82. The molecule has 0 N–H and O–H groups in total. The normalized spacial score (nSPS) is 41.2. The van der Waals surface area contributed by atoms with Crippen LogP contribution in [0.15, 0.2) is 12.7 Å². The lowest BCUT2D eigenvalue weighted by molar-refractivity contribution is -0.154. The fourth-order valence-electron chi connectivity index (χ4n) is 3.50. The van der Waals surface area contributed by atoms with Gasteiger partial charge in [-0.25, -0.2) is 0 Å². The van der Waals surface area contributed by atoms with Gasteiger partial charge in [0.15, 0.2) is 0 Å². The van der Waals surface area contributed by atoms with Gasteiger partial charge in [0, 0.05) is 0 Å². The highest BCUT2D eigenvalue weighted by Crippen LogP contribution is 2.66. The summed E-state index contributed by atoms with van der Waals surface area (Å²) in [7, 11) is 0. The molecule has 0 bridgehead atoms. The Kier molecular flexibility index (Phi) is 1.56. The zero-order valence-corrected chi connectivity index (χ0v) is 9.14. The third kappa shape index (κ3) is 1.33. The molecule has 0 aromatic carbocycles. The van der Waals surface area contributed by atoms with Gasteiger partial charge in [-0.3, -0.25) is 0 Å². The Morgan fingerprint density at radius 2 is 1.93 bits per heavy atom. The van der Waals surface area contributed by atoms with Crippen molar-refractivity contribution in [3.8, 4) is 0 Å². The largest absolute Gasteiger partial charge is 0.368 e. The van der Waals surface area contributed by atoms with E-state index in [4.69, 9.17) is 4.74 Å². The van der Waals surface area contributed by atoms with Crippen molar-refractivity contribution in [1.29, 1.82) is 0 Å². The fourth-order valence-corrected chi connectivity index (χ4v) is 3.50. The molecular weight excluding hydrogens is 172 g/mol. The zero-order valence-electron chi connectivity index (χ0n) is 9.14. The van der Waals surface area contributed by atoms with Crippen LogP contribution in [0.5, 0.6) is 0 Å². The van der Waals surface area contributed by atoms with Gasteiger partial charge in [-0.05, 0) is 57.3 Å². The van der Waals surface area contributed by atoms with E-state index in [0.717, 1.165) is 6.42 Å². The van der Waals surface area contributed by atoms with Gasteiger partial charge in [-0.15, -0.1) is 6.58 Å². The first-order valence-corrected chi connectivity index (χ1v) is 5.91. The number of hydrogen-bond donors (Lipinski definition) is 0. The molecule has 1 unspecified atom stereocenters. The third-order valence-corrected chi connectivity index (χ3v) is 4.25. The van der Waals surface area contributed by atoms with Crippen LogP contribution in [0.3, 0.4) is 0 Å². The van der Waals surface area contributed by atoms with E-state index in [1.165, 1.54) is 38.5 Å². The van der Waals surface area contributed by atoms with E-state index in [-0.39, 0.29) is 5.60 Å². The lowest BCUT2D eigenvalue weighted by Crippen LogP contribution is -2.43. The molecule has 1 heteroatoms. The molecule has 1 aliphatic heterocycles. The quantitative estimate of drug-likeness (QED) is 0.609. The van der Waals surface area contributed by atoms with Crippen LogP contribution in [0.4, 0.5) is 0 Å². The van der Waals surface area contributed by atoms with Gasteiger partial charge < -0.3 is 4.74 Å². The highest BCUT2D eigenvalue weighted by molar-refractivity contribution is 5.13. The average Bonchev–Trinajstić information content (AvgIpc) is 2.94. The second-order valence-corrected chi connectivity index (χ2v) is 6.08. The molecule has 0 aromatic heterocycles. The molecule has 0 aromatic rings.